The monoisotopic (exact) mass is 443 g/mol. The van der Waals surface area contributed by atoms with Crippen molar-refractivity contribution in [2.45, 2.75) is 36.9 Å². The molecule has 1 aliphatic heterocycles. The summed E-state index contributed by atoms with van der Waals surface area (Å²) in [6.07, 6.45) is 3.48. The van der Waals surface area contributed by atoms with Crippen molar-refractivity contribution in [1.29, 1.82) is 0 Å². The van der Waals surface area contributed by atoms with Crippen molar-refractivity contribution < 1.29 is 18.0 Å². The fourth-order valence-electron chi connectivity index (χ4n) is 4.09. The van der Waals surface area contributed by atoms with Crippen molar-refractivity contribution >= 4 is 17.7 Å². The predicted octanol–water partition coefficient (Wildman–Crippen LogP) is 5.22. The summed E-state index contributed by atoms with van der Waals surface area (Å²) in [6, 6.07) is 11.8. The predicted molar refractivity (Wildman–Crippen MR) is 112 cm³/mol. The SMILES string of the molecule is CSc1ccc(-c2cccc(F)c2)c(C(=O)N2Cc3cnn(CC4CC4(F)F)c3C2)c1. The summed E-state index contributed by atoms with van der Waals surface area (Å²) in [5.74, 6) is -3.82. The number of thioether (sulfide) groups is 1. The quantitative estimate of drug-likeness (QED) is 0.508. The molecule has 1 aromatic heterocycles. The number of rotatable bonds is 5. The van der Waals surface area contributed by atoms with Gasteiger partial charge in [0.1, 0.15) is 5.82 Å². The van der Waals surface area contributed by atoms with Crippen LogP contribution in [0.5, 0.6) is 0 Å². The highest BCUT2D eigenvalue weighted by atomic mass is 32.2. The first-order chi connectivity index (χ1) is 14.9. The molecule has 1 unspecified atom stereocenters. The molecule has 8 heteroatoms. The Morgan fingerprint density at radius 3 is 2.74 bits per heavy atom. The van der Waals surface area contributed by atoms with Crippen LogP contribution in [0.1, 0.15) is 28.0 Å². The minimum Gasteiger partial charge on any atom is -0.328 e. The highest BCUT2D eigenvalue weighted by Crippen LogP contribution is 2.49. The van der Waals surface area contributed by atoms with Gasteiger partial charge < -0.3 is 4.90 Å². The van der Waals surface area contributed by atoms with Crippen LogP contribution in [0, 0.1) is 11.7 Å². The van der Waals surface area contributed by atoms with Crippen LogP contribution in [0.25, 0.3) is 11.1 Å². The number of benzene rings is 2. The number of aromatic nitrogens is 2. The summed E-state index contributed by atoms with van der Waals surface area (Å²) in [5, 5.41) is 4.25. The molecule has 0 spiro atoms. The number of amides is 1. The molecular formula is C23H20F3N3OS. The summed E-state index contributed by atoms with van der Waals surface area (Å²) in [4.78, 5) is 16.1. The number of carbonyl (C=O) groups excluding carboxylic acids is 1. The Kier molecular flexibility index (Phi) is 4.84. The van der Waals surface area contributed by atoms with Gasteiger partial charge in [0.15, 0.2) is 0 Å². The third kappa shape index (κ3) is 3.73. The van der Waals surface area contributed by atoms with Crippen molar-refractivity contribution in [1.82, 2.24) is 14.7 Å². The molecule has 1 fully saturated rings. The van der Waals surface area contributed by atoms with Crippen LogP contribution in [0.2, 0.25) is 0 Å². The second kappa shape index (κ2) is 7.44. The van der Waals surface area contributed by atoms with Gasteiger partial charge in [-0.3, -0.25) is 9.48 Å². The van der Waals surface area contributed by atoms with Crippen molar-refractivity contribution in [3.8, 4) is 11.1 Å². The molecule has 2 aromatic carbocycles. The zero-order valence-corrected chi connectivity index (χ0v) is 17.6. The van der Waals surface area contributed by atoms with E-state index >= 15 is 0 Å². The Bertz CT molecular complexity index is 1180. The highest BCUT2D eigenvalue weighted by molar-refractivity contribution is 7.98. The summed E-state index contributed by atoms with van der Waals surface area (Å²) in [6.45, 7) is 0.862. The van der Waals surface area contributed by atoms with Gasteiger partial charge in [-0.25, -0.2) is 13.2 Å². The lowest BCUT2D eigenvalue weighted by Crippen LogP contribution is -2.27. The zero-order chi connectivity index (χ0) is 21.8. The number of fused-ring (bicyclic) bond motifs is 1. The van der Waals surface area contributed by atoms with Gasteiger partial charge in [0, 0.05) is 34.9 Å². The first-order valence-corrected chi connectivity index (χ1v) is 11.2. The average molecular weight is 443 g/mol. The Labute approximate surface area is 182 Å². The number of carbonyl (C=O) groups is 1. The average Bonchev–Trinajstić information content (AvgIpc) is 3.08. The maximum atomic E-state index is 13.8. The standard InChI is InChI=1S/C23H20F3N3OS/c1-31-18-5-6-19(14-3-2-4-17(24)7-14)20(8-18)22(30)28-11-15-10-27-29(21(15)13-28)12-16-9-23(16,25)26/h2-8,10,16H,9,11-13H2,1H3. The third-order valence-electron chi connectivity index (χ3n) is 5.97. The molecule has 3 aromatic rings. The summed E-state index contributed by atoms with van der Waals surface area (Å²) in [5.41, 5.74) is 3.48. The molecule has 0 bridgehead atoms. The number of hydrogen-bond acceptors (Lipinski definition) is 3. The van der Waals surface area contributed by atoms with Crippen molar-refractivity contribution in [2.75, 3.05) is 6.26 Å². The molecule has 31 heavy (non-hydrogen) atoms. The van der Waals surface area contributed by atoms with E-state index in [1.807, 2.05) is 24.5 Å². The first kappa shape index (κ1) is 20.2. The molecule has 0 saturated heterocycles. The van der Waals surface area contributed by atoms with Crippen molar-refractivity contribution in [2.24, 2.45) is 5.92 Å². The molecule has 1 saturated carbocycles. The van der Waals surface area contributed by atoms with Gasteiger partial charge in [-0.1, -0.05) is 18.2 Å². The molecule has 5 rings (SSSR count). The van der Waals surface area contributed by atoms with E-state index in [0.29, 0.717) is 29.8 Å². The number of halogens is 3. The number of alkyl halides is 2. The van der Waals surface area contributed by atoms with E-state index in [0.717, 1.165) is 16.2 Å². The molecule has 160 valence electrons. The lowest BCUT2D eigenvalue weighted by atomic mass is 9.98. The van der Waals surface area contributed by atoms with Gasteiger partial charge in [-0.05, 0) is 41.6 Å². The Balaban J connectivity index is 1.43. The van der Waals surface area contributed by atoms with Gasteiger partial charge >= 0.3 is 0 Å². The van der Waals surface area contributed by atoms with Crippen LogP contribution in [0.15, 0.2) is 53.6 Å². The van der Waals surface area contributed by atoms with Crippen LogP contribution in [0.4, 0.5) is 13.2 Å². The Hall–Kier alpha value is -2.74. The number of nitrogens with zero attached hydrogens (tertiary/aromatic N) is 3. The van der Waals surface area contributed by atoms with E-state index in [9.17, 15) is 18.0 Å². The lowest BCUT2D eigenvalue weighted by molar-refractivity contribution is 0.0745. The van der Waals surface area contributed by atoms with E-state index in [1.54, 1.807) is 27.9 Å². The number of hydrogen-bond donors (Lipinski definition) is 0. The fraction of sp³-hybridized carbons (Fsp3) is 0.304. The minimum absolute atomic E-state index is 0.108. The first-order valence-electron chi connectivity index (χ1n) is 10.0. The molecule has 2 aliphatic rings. The summed E-state index contributed by atoms with van der Waals surface area (Å²) < 4.78 is 42.1. The van der Waals surface area contributed by atoms with Gasteiger partial charge in [0.25, 0.3) is 11.8 Å². The molecular weight excluding hydrogens is 423 g/mol. The van der Waals surface area contributed by atoms with Gasteiger partial charge in [-0.15, -0.1) is 11.8 Å². The van der Waals surface area contributed by atoms with Crippen LogP contribution in [-0.2, 0) is 19.6 Å². The van der Waals surface area contributed by atoms with Crippen molar-refractivity contribution in [3.63, 3.8) is 0 Å². The molecule has 2 heterocycles. The van der Waals surface area contributed by atoms with Crippen LogP contribution >= 0.6 is 11.8 Å². The Morgan fingerprint density at radius 2 is 2.03 bits per heavy atom. The topological polar surface area (TPSA) is 38.1 Å². The minimum atomic E-state index is -2.61. The molecule has 4 nitrogen and oxygen atoms in total. The second-order valence-electron chi connectivity index (χ2n) is 8.04. The van der Waals surface area contributed by atoms with Crippen LogP contribution < -0.4 is 0 Å². The van der Waals surface area contributed by atoms with Crippen LogP contribution in [0.3, 0.4) is 0 Å². The maximum absolute atomic E-state index is 13.8. The van der Waals surface area contributed by atoms with Gasteiger partial charge in [0.2, 0.25) is 0 Å². The summed E-state index contributed by atoms with van der Waals surface area (Å²) in [7, 11) is 0. The molecule has 1 atom stereocenters. The fourth-order valence-corrected chi connectivity index (χ4v) is 4.53. The van der Waals surface area contributed by atoms with E-state index in [1.165, 1.54) is 23.9 Å². The molecule has 0 N–H and O–H groups in total. The van der Waals surface area contributed by atoms with E-state index in [2.05, 4.69) is 5.10 Å². The van der Waals surface area contributed by atoms with Gasteiger partial charge in [0.05, 0.1) is 25.0 Å². The third-order valence-corrected chi connectivity index (χ3v) is 6.69. The smallest absolute Gasteiger partial charge is 0.255 e. The lowest BCUT2D eigenvalue weighted by Gasteiger charge is -2.19. The normalized spacial score (nSPS) is 18.8. The van der Waals surface area contributed by atoms with Crippen molar-refractivity contribution in [3.05, 3.63) is 71.3 Å². The van der Waals surface area contributed by atoms with Gasteiger partial charge in [-0.2, -0.15) is 5.10 Å². The second-order valence-corrected chi connectivity index (χ2v) is 8.92. The zero-order valence-electron chi connectivity index (χ0n) is 16.8. The maximum Gasteiger partial charge on any atom is 0.255 e. The largest absolute Gasteiger partial charge is 0.328 e. The Morgan fingerprint density at radius 1 is 1.23 bits per heavy atom. The highest BCUT2D eigenvalue weighted by Gasteiger charge is 2.57. The van der Waals surface area contributed by atoms with E-state index in [-0.39, 0.29) is 24.7 Å². The van der Waals surface area contributed by atoms with Crippen LogP contribution in [-0.4, -0.2) is 32.8 Å². The summed E-state index contributed by atoms with van der Waals surface area (Å²) >= 11 is 1.53. The van der Waals surface area contributed by atoms with E-state index < -0.39 is 11.8 Å². The van der Waals surface area contributed by atoms with E-state index in [4.69, 9.17) is 0 Å². The molecule has 0 radical (unpaired) electrons. The molecule has 1 aliphatic carbocycles. The molecule has 1 amide bonds.